The number of hydrogen-bond acceptors (Lipinski definition) is 9. The monoisotopic (exact) mass is 700 g/mol. The first-order valence-corrected chi connectivity index (χ1v) is 18.3. The Morgan fingerprint density at radius 1 is 1.00 bits per heavy atom. The van der Waals surface area contributed by atoms with E-state index in [1.54, 1.807) is 20.5 Å². The zero-order valence-electron chi connectivity index (χ0n) is 29.8. The van der Waals surface area contributed by atoms with Gasteiger partial charge in [0.25, 0.3) is 0 Å². The molecule has 0 radical (unpaired) electrons. The molecule has 2 aromatic heterocycles. The van der Waals surface area contributed by atoms with E-state index in [9.17, 15) is 4.79 Å². The molecule has 12 heteroatoms. The standard InChI is InChI=1S/C38H49ClN8O3/c1-43(2)15-7-16-46-17-12-28-22-33(49-3)34(50-4)23-31(28)38(46)13-10-27(11-14-38)37(48)45-20-18-44(19-21-45)35-30-24-42-47(36(30)41-26-40-35)25-29-8-5-6-9-32(29)39/h5-6,8-9,22-24,26-27H,7,10-21,25H2,1-4H3/t27-,38-. The smallest absolute Gasteiger partial charge is 0.225 e. The first kappa shape index (κ1) is 34.5. The van der Waals surface area contributed by atoms with E-state index >= 15 is 0 Å². The van der Waals surface area contributed by atoms with Crippen LogP contribution < -0.4 is 14.4 Å². The van der Waals surface area contributed by atoms with Crippen LogP contribution in [0.4, 0.5) is 5.82 Å². The van der Waals surface area contributed by atoms with Gasteiger partial charge in [0.05, 0.1) is 32.3 Å². The molecule has 7 rings (SSSR count). The summed E-state index contributed by atoms with van der Waals surface area (Å²) in [6.07, 6.45) is 9.25. The maximum Gasteiger partial charge on any atom is 0.225 e. The minimum absolute atomic E-state index is 0.0371. The van der Waals surface area contributed by atoms with Gasteiger partial charge < -0.3 is 24.2 Å². The molecule has 1 saturated heterocycles. The maximum atomic E-state index is 14.0. The van der Waals surface area contributed by atoms with Crippen LogP contribution in [0.25, 0.3) is 11.0 Å². The molecule has 4 heterocycles. The van der Waals surface area contributed by atoms with Gasteiger partial charge in [-0.05, 0) is 94.1 Å². The second-order valence-electron chi connectivity index (χ2n) is 14.2. The highest BCUT2D eigenvalue weighted by molar-refractivity contribution is 6.31. The van der Waals surface area contributed by atoms with Crippen molar-refractivity contribution >= 4 is 34.4 Å². The van der Waals surface area contributed by atoms with E-state index in [2.05, 4.69) is 60.9 Å². The summed E-state index contributed by atoms with van der Waals surface area (Å²) >= 11 is 6.43. The third kappa shape index (κ3) is 6.63. The summed E-state index contributed by atoms with van der Waals surface area (Å²) in [5.41, 5.74) is 4.38. The van der Waals surface area contributed by atoms with Gasteiger partial charge >= 0.3 is 0 Å². The van der Waals surface area contributed by atoms with Crippen LogP contribution in [0.5, 0.6) is 11.5 Å². The van der Waals surface area contributed by atoms with Crippen LogP contribution in [0.1, 0.15) is 48.8 Å². The number of anilines is 1. The van der Waals surface area contributed by atoms with Gasteiger partial charge in [0.15, 0.2) is 17.1 Å². The molecule has 1 spiro atoms. The number of carbonyl (C=O) groups excluding carboxylic acids is 1. The quantitative estimate of drug-likeness (QED) is 0.224. The Hall–Kier alpha value is -3.93. The lowest BCUT2D eigenvalue weighted by Gasteiger charge is -2.52. The van der Waals surface area contributed by atoms with Gasteiger partial charge in [-0.15, -0.1) is 0 Å². The number of fused-ring (bicyclic) bond motifs is 3. The molecule has 2 fully saturated rings. The highest BCUT2D eigenvalue weighted by atomic mass is 35.5. The van der Waals surface area contributed by atoms with Crippen LogP contribution in [0.15, 0.2) is 48.9 Å². The average molecular weight is 701 g/mol. The minimum atomic E-state index is -0.0937. The number of ether oxygens (including phenoxy) is 2. The Balaban J connectivity index is 1.02. The third-order valence-corrected chi connectivity index (χ3v) is 11.5. The van der Waals surface area contributed by atoms with Crippen LogP contribution in [0, 0.1) is 5.92 Å². The predicted molar refractivity (Wildman–Crippen MR) is 196 cm³/mol. The number of hydrogen-bond donors (Lipinski definition) is 0. The lowest BCUT2D eigenvalue weighted by Crippen LogP contribution is -2.55. The number of piperazine rings is 1. The molecule has 1 saturated carbocycles. The summed E-state index contributed by atoms with van der Waals surface area (Å²) < 4.78 is 13.3. The number of rotatable bonds is 10. The molecule has 3 aliphatic rings. The van der Waals surface area contributed by atoms with E-state index in [1.807, 2.05) is 35.1 Å². The second kappa shape index (κ2) is 14.7. The summed E-state index contributed by atoms with van der Waals surface area (Å²) in [4.78, 5) is 32.6. The molecule has 2 aliphatic heterocycles. The van der Waals surface area contributed by atoms with Gasteiger partial charge in [0.2, 0.25) is 5.91 Å². The van der Waals surface area contributed by atoms with Crippen molar-refractivity contribution in [3.63, 3.8) is 0 Å². The highest BCUT2D eigenvalue weighted by Gasteiger charge is 2.47. The van der Waals surface area contributed by atoms with Crippen LogP contribution in [-0.2, 0) is 23.3 Å². The topological polar surface area (TPSA) is 92.1 Å². The van der Waals surface area contributed by atoms with Gasteiger partial charge in [-0.25, -0.2) is 14.6 Å². The van der Waals surface area contributed by atoms with Crippen LogP contribution in [-0.4, -0.2) is 114 Å². The number of benzene rings is 2. The Morgan fingerprint density at radius 2 is 1.74 bits per heavy atom. The lowest BCUT2D eigenvalue weighted by molar-refractivity contribution is -0.138. The summed E-state index contributed by atoms with van der Waals surface area (Å²) in [5.74, 6) is 2.77. The van der Waals surface area contributed by atoms with Crippen molar-refractivity contribution in [2.24, 2.45) is 5.92 Å². The summed E-state index contributed by atoms with van der Waals surface area (Å²) in [6.45, 7) is 6.45. The van der Waals surface area contributed by atoms with Crippen LogP contribution >= 0.6 is 11.6 Å². The lowest BCUT2D eigenvalue weighted by atomic mass is 9.68. The number of nitrogens with zero attached hydrogens (tertiary/aromatic N) is 8. The van der Waals surface area contributed by atoms with Crippen LogP contribution in [0.3, 0.4) is 0 Å². The number of methoxy groups -OCH3 is 2. The van der Waals surface area contributed by atoms with E-state index in [-0.39, 0.29) is 11.5 Å². The molecule has 0 N–H and O–H groups in total. The Bertz CT molecular complexity index is 1810. The highest BCUT2D eigenvalue weighted by Crippen LogP contribution is 2.50. The molecule has 0 unspecified atom stereocenters. The fourth-order valence-corrected chi connectivity index (χ4v) is 8.66. The molecule has 11 nitrogen and oxygen atoms in total. The first-order valence-electron chi connectivity index (χ1n) is 17.9. The van der Waals surface area contributed by atoms with E-state index in [0.29, 0.717) is 30.6 Å². The number of carbonyl (C=O) groups is 1. The molecule has 266 valence electrons. The molecular weight excluding hydrogens is 652 g/mol. The van der Waals surface area contributed by atoms with Crippen molar-refractivity contribution in [2.75, 3.05) is 79.0 Å². The van der Waals surface area contributed by atoms with Crippen molar-refractivity contribution in [2.45, 2.75) is 50.6 Å². The zero-order chi connectivity index (χ0) is 34.8. The number of halogens is 1. The number of amides is 1. The molecule has 4 aromatic rings. The third-order valence-electron chi connectivity index (χ3n) is 11.1. The molecule has 1 aliphatic carbocycles. The summed E-state index contributed by atoms with van der Waals surface area (Å²) in [6, 6.07) is 12.2. The normalized spacial score (nSPS) is 21.2. The van der Waals surface area contributed by atoms with Crippen molar-refractivity contribution < 1.29 is 14.3 Å². The van der Waals surface area contributed by atoms with Crippen molar-refractivity contribution in [3.05, 3.63) is 70.6 Å². The van der Waals surface area contributed by atoms with Gasteiger partial charge in [0, 0.05) is 55.7 Å². The molecule has 0 atom stereocenters. The predicted octanol–water partition coefficient (Wildman–Crippen LogP) is 5.09. The number of aromatic nitrogens is 4. The second-order valence-corrected chi connectivity index (χ2v) is 14.6. The molecule has 0 bridgehead atoms. The van der Waals surface area contributed by atoms with E-state index in [1.165, 1.54) is 11.1 Å². The maximum absolute atomic E-state index is 14.0. The van der Waals surface area contributed by atoms with Crippen molar-refractivity contribution in [1.82, 2.24) is 34.4 Å². The van der Waals surface area contributed by atoms with E-state index in [4.69, 9.17) is 21.1 Å². The summed E-state index contributed by atoms with van der Waals surface area (Å²) in [5, 5.41) is 6.26. The molecular formula is C38H49ClN8O3. The molecule has 1 amide bonds. The SMILES string of the molecule is COc1cc2c(cc1OC)[C@]1(CC[C@@H](C(=O)N3CCN(c4ncnc5c4cnn5Cc4ccccc4Cl)CC3)CC1)N(CCCN(C)C)CC2. The largest absolute Gasteiger partial charge is 0.493 e. The zero-order valence-corrected chi connectivity index (χ0v) is 30.5. The van der Waals surface area contributed by atoms with E-state index in [0.717, 1.165) is 105 Å². The minimum Gasteiger partial charge on any atom is -0.493 e. The Kier molecular flexibility index (Phi) is 10.2. The van der Waals surface area contributed by atoms with Gasteiger partial charge in [0.1, 0.15) is 12.1 Å². The van der Waals surface area contributed by atoms with Crippen molar-refractivity contribution in [1.29, 1.82) is 0 Å². The van der Waals surface area contributed by atoms with Gasteiger partial charge in [-0.2, -0.15) is 5.10 Å². The van der Waals surface area contributed by atoms with Gasteiger partial charge in [-0.3, -0.25) is 9.69 Å². The van der Waals surface area contributed by atoms with Crippen molar-refractivity contribution in [3.8, 4) is 11.5 Å². The fraction of sp³-hybridized carbons (Fsp3) is 0.526. The molecule has 2 aromatic carbocycles. The average Bonchev–Trinajstić information content (AvgIpc) is 3.56. The Labute approximate surface area is 300 Å². The van der Waals surface area contributed by atoms with E-state index < -0.39 is 0 Å². The van der Waals surface area contributed by atoms with Crippen LogP contribution in [0.2, 0.25) is 5.02 Å². The Morgan fingerprint density at radius 3 is 2.46 bits per heavy atom. The fourth-order valence-electron chi connectivity index (χ4n) is 8.47. The van der Waals surface area contributed by atoms with Gasteiger partial charge in [-0.1, -0.05) is 29.8 Å². The molecule has 50 heavy (non-hydrogen) atoms. The first-order chi connectivity index (χ1) is 24.3. The summed E-state index contributed by atoms with van der Waals surface area (Å²) in [7, 11) is 7.70.